The summed E-state index contributed by atoms with van der Waals surface area (Å²) in [4.78, 5) is 10.8. The third-order valence-electron chi connectivity index (χ3n) is 1.93. The minimum absolute atomic E-state index is 0. The average molecular weight is 250 g/mol. The van der Waals surface area contributed by atoms with Crippen LogP contribution < -0.4 is 70.7 Å². The summed E-state index contributed by atoms with van der Waals surface area (Å²) >= 11 is 0. The summed E-state index contributed by atoms with van der Waals surface area (Å²) in [5, 5.41) is 10.8. The third kappa shape index (κ3) is 3.36. The van der Waals surface area contributed by atoms with Gasteiger partial charge in [-0.25, -0.2) is 0 Å². The van der Waals surface area contributed by atoms with Gasteiger partial charge in [0.25, 0.3) is 0 Å². The van der Waals surface area contributed by atoms with Crippen LogP contribution in [0.5, 0.6) is 17.2 Å². The van der Waals surface area contributed by atoms with Crippen LogP contribution in [0, 0.1) is 0 Å². The molecule has 16 heavy (non-hydrogen) atoms. The first-order valence-corrected chi connectivity index (χ1v) is 4.15. The van der Waals surface area contributed by atoms with Gasteiger partial charge in [0.2, 0.25) is 0 Å². The second-order valence-corrected chi connectivity index (χ2v) is 2.69. The molecule has 0 radical (unpaired) electrons. The van der Waals surface area contributed by atoms with Crippen molar-refractivity contribution in [2.45, 2.75) is 0 Å². The van der Waals surface area contributed by atoms with E-state index in [-0.39, 0.29) is 62.7 Å². The molecule has 0 N–H and O–H groups in total. The summed E-state index contributed by atoms with van der Waals surface area (Å²) in [6.45, 7) is 0. The molecule has 0 aliphatic rings. The number of aromatic carboxylic acids is 1. The first-order valence-electron chi connectivity index (χ1n) is 4.15. The molecule has 0 fully saturated rings. The number of hydrogen-bond acceptors (Lipinski definition) is 5. The molecular formula is C10H11KO5. The molecular weight excluding hydrogens is 239 g/mol. The van der Waals surface area contributed by atoms with E-state index in [4.69, 9.17) is 14.2 Å². The monoisotopic (exact) mass is 250 g/mol. The number of carbonyl (C=O) groups is 1. The molecule has 0 bridgehead atoms. The van der Waals surface area contributed by atoms with Crippen molar-refractivity contribution in [3.8, 4) is 17.2 Å². The largest absolute Gasteiger partial charge is 1.00 e. The molecule has 0 atom stereocenters. The molecule has 6 heteroatoms. The molecule has 0 aliphatic heterocycles. The first kappa shape index (κ1) is 15.7. The van der Waals surface area contributed by atoms with E-state index in [1.807, 2.05) is 0 Å². The van der Waals surface area contributed by atoms with E-state index in [2.05, 4.69) is 0 Å². The zero-order valence-electron chi connectivity index (χ0n) is 9.70. The van der Waals surface area contributed by atoms with Gasteiger partial charge in [-0.2, -0.15) is 0 Å². The Morgan fingerprint density at radius 1 is 1.00 bits per heavy atom. The fourth-order valence-electron chi connectivity index (χ4n) is 1.19. The minimum Gasteiger partial charge on any atom is -0.545 e. The number of ether oxygens (including phenoxy) is 3. The molecule has 0 saturated heterocycles. The summed E-state index contributed by atoms with van der Waals surface area (Å²) in [5.41, 5.74) is -0.0739. The zero-order valence-corrected chi connectivity index (χ0v) is 12.8. The maximum Gasteiger partial charge on any atom is 1.00 e. The normalized spacial score (nSPS) is 8.94. The quantitative estimate of drug-likeness (QED) is 0.536. The van der Waals surface area contributed by atoms with E-state index < -0.39 is 5.97 Å². The molecule has 0 heterocycles. The second-order valence-electron chi connectivity index (χ2n) is 2.69. The van der Waals surface area contributed by atoms with Gasteiger partial charge in [0.15, 0.2) is 11.5 Å². The second kappa shape index (κ2) is 7.13. The summed E-state index contributed by atoms with van der Waals surface area (Å²) < 4.78 is 14.8. The van der Waals surface area contributed by atoms with Crippen molar-refractivity contribution in [1.82, 2.24) is 0 Å². The fraction of sp³-hybridized carbons (Fsp3) is 0.300. The van der Waals surface area contributed by atoms with Gasteiger partial charge in [-0.15, -0.1) is 0 Å². The Morgan fingerprint density at radius 2 is 1.44 bits per heavy atom. The topological polar surface area (TPSA) is 67.8 Å². The first-order chi connectivity index (χ1) is 7.13. The Kier molecular flexibility index (Phi) is 7.01. The molecule has 5 nitrogen and oxygen atoms in total. The predicted octanol–water partition coefficient (Wildman–Crippen LogP) is -2.92. The van der Waals surface area contributed by atoms with E-state index in [0.717, 1.165) is 0 Å². The van der Waals surface area contributed by atoms with Gasteiger partial charge in [-0.1, -0.05) is 0 Å². The minimum atomic E-state index is -1.33. The van der Waals surface area contributed by atoms with Gasteiger partial charge >= 0.3 is 51.4 Å². The van der Waals surface area contributed by atoms with Gasteiger partial charge in [0.1, 0.15) is 5.75 Å². The molecule has 0 aromatic heterocycles. The third-order valence-corrected chi connectivity index (χ3v) is 1.93. The van der Waals surface area contributed by atoms with Crippen molar-refractivity contribution in [3.05, 3.63) is 17.7 Å². The summed E-state index contributed by atoms with van der Waals surface area (Å²) in [7, 11) is 4.24. The molecule has 0 aliphatic carbocycles. The van der Waals surface area contributed by atoms with Crippen LogP contribution >= 0.6 is 0 Å². The van der Waals surface area contributed by atoms with E-state index in [0.29, 0.717) is 11.5 Å². The Hall–Kier alpha value is -0.274. The molecule has 1 rings (SSSR count). The SMILES string of the molecule is COc1cc(OC)c(C(=O)[O-])cc1OC.[K+]. The van der Waals surface area contributed by atoms with Crippen molar-refractivity contribution in [3.63, 3.8) is 0 Å². The molecule has 1 aromatic carbocycles. The summed E-state index contributed by atoms with van der Waals surface area (Å²) in [5.74, 6) is -0.433. The number of hydrogen-bond donors (Lipinski definition) is 0. The van der Waals surface area contributed by atoms with Gasteiger partial charge in [-0.05, 0) is 6.07 Å². The van der Waals surface area contributed by atoms with Crippen LogP contribution in [-0.4, -0.2) is 27.3 Å². The maximum atomic E-state index is 10.8. The van der Waals surface area contributed by atoms with Crippen LogP contribution in [0.25, 0.3) is 0 Å². The Bertz CT molecular complexity index is 378. The van der Waals surface area contributed by atoms with Crippen LogP contribution in [0.4, 0.5) is 0 Å². The molecule has 1 aromatic rings. The van der Waals surface area contributed by atoms with E-state index in [9.17, 15) is 9.90 Å². The van der Waals surface area contributed by atoms with Crippen molar-refractivity contribution in [2.75, 3.05) is 21.3 Å². The van der Waals surface area contributed by atoms with Gasteiger partial charge in [0.05, 0.1) is 27.3 Å². The number of carboxylic acid groups (broad SMARTS) is 1. The summed E-state index contributed by atoms with van der Waals surface area (Å²) in [6, 6.07) is 2.73. The fourth-order valence-corrected chi connectivity index (χ4v) is 1.19. The van der Waals surface area contributed by atoms with Crippen molar-refractivity contribution >= 4 is 5.97 Å². The molecule has 0 spiro atoms. The number of carbonyl (C=O) groups excluding carboxylic acids is 1. The van der Waals surface area contributed by atoms with Crippen LogP contribution in [0.1, 0.15) is 10.4 Å². The number of benzene rings is 1. The van der Waals surface area contributed by atoms with Crippen LogP contribution in [0.3, 0.4) is 0 Å². The number of carboxylic acids is 1. The predicted molar refractivity (Wildman–Crippen MR) is 50.4 cm³/mol. The number of rotatable bonds is 4. The molecule has 0 amide bonds. The van der Waals surface area contributed by atoms with Gasteiger partial charge < -0.3 is 24.1 Å². The maximum absolute atomic E-state index is 10.8. The van der Waals surface area contributed by atoms with Crippen molar-refractivity contribution < 1.29 is 75.5 Å². The van der Waals surface area contributed by atoms with E-state index in [1.54, 1.807) is 0 Å². The smallest absolute Gasteiger partial charge is 0.545 e. The average Bonchev–Trinajstić information content (AvgIpc) is 2.26. The molecule has 0 saturated carbocycles. The van der Waals surface area contributed by atoms with Crippen LogP contribution in [0.15, 0.2) is 12.1 Å². The standard InChI is InChI=1S/C10H12O5.K/c1-13-7-5-9(15-3)8(14-2)4-6(7)10(11)12;/h4-5H,1-3H3,(H,11,12);/q;+1/p-1. The van der Waals surface area contributed by atoms with Crippen LogP contribution in [0.2, 0.25) is 0 Å². The number of methoxy groups -OCH3 is 3. The molecule has 0 unspecified atom stereocenters. The Balaban J connectivity index is 0.00000225. The summed E-state index contributed by atoms with van der Waals surface area (Å²) in [6.07, 6.45) is 0. The van der Waals surface area contributed by atoms with E-state index >= 15 is 0 Å². The van der Waals surface area contributed by atoms with Gasteiger partial charge in [0, 0.05) is 11.6 Å². The van der Waals surface area contributed by atoms with Crippen molar-refractivity contribution in [1.29, 1.82) is 0 Å². The van der Waals surface area contributed by atoms with E-state index in [1.165, 1.54) is 33.5 Å². The zero-order chi connectivity index (χ0) is 11.4. The molecule has 82 valence electrons. The Labute approximate surface area is 136 Å². The Morgan fingerprint density at radius 3 is 1.81 bits per heavy atom. The van der Waals surface area contributed by atoms with Crippen molar-refractivity contribution in [2.24, 2.45) is 0 Å². The van der Waals surface area contributed by atoms with Crippen LogP contribution in [-0.2, 0) is 0 Å². The van der Waals surface area contributed by atoms with Gasteiger partial charge in [-0.3, -0.25) is 0 Å².